The Bertz CT molecular complexity index is 410. The van der Waals surface area contributed by atoms with Crippen LogP contribution in [-0.4, -0.2) is 33.9 Å². The minimum Gasteiger partial charge on any atom is -0.396 e. The third kappa shape index (κ3) is 3.10. The average Bonchev–Trinajstić information content (AvgIpc) is 3.04. The Kier molecular flexibility index (Phi) is 4.01. The molecular weight excluding hydrogens is 230 g/mol. The molecule has 1 aromatic heterocycles. The lowest BCUT2D eigenvalue weighted by Crippen LogP contribution is -2.37. The molecule has 1 aliphatic carbocycles. The number of nitrogens with zero attached hydrogens (tertiary/aromatic N) is 1. The van der Waals surface area contributed by atoms with Gasteiger partial charge in [0.05, 0.1) is 0 Å². The van der Waals surface area contributed by atoms with Crippen molar-refractivity contribution in [2.45, 2.75) is 45.1 Å². The van der Waals surface area contributed by atoms with Crippen molar-refractivity contribution in [3.63, 3.8) is 0 Å². The Hall–Kier alpha value is -1.36. The monoisotopic (exact) mass is 251 g/mol. The van der Waals surface area contributed by atoms with E-state index >= 15 is 0 Å². The van der Waals surface area contributed by atoms with Crippen LogP contribution >= 0.6 is 0 Å². The minimum atomic E-state index is -0.150. The van der Waals surface area contributed by atoms with Crippen LogP contribution in [0.5, 0.6) is 0 Å². The van der Waals surface area contributed by atoms with Crippen LogP contribution in [0.1, 0.15) is 55.2 Å². The van der Waals surface area contributed by atoms with Crippen LogP contribution in [0.3, 0.4) is 0 Å². The summed E-state index contributed by atoms with van der Waals surface area (Å²) in [5, 5.41) is 18.9. The van der Waals surface area contributed by atoms with E-state index in [9.17, 15) is 4.79 Å². The van der Waals surface area contributed by atoms with Gasteiger partial charge in [0.25, 0.3) is 5.91 Å². The molecule has 1 saturated carbocycles. The number of hydrogen-bond donors (Lipinski definition) is 3. The number of carbonyl (C=O) groups excluding carboxylic acids is 1. The maximum atomic E-state index is 12.0. The van der Waals surface area contributed by atoms with Crippen LogP contribution in [0.15, 0.2) is 6.07 Å². The van der Waals surface area contributed by atoms with Crippen molar-refractivity contribution in [2.24, 2.45) is 5.92 Å². The van der Waals surface area contributed by atoms with Crippen molar-refractivity contribution in [2.75, 3.05) is 6.61 Å². The first-order valence-corrected chi connectivity index (χ1v) is 6.59. The van der Waals surface area contributed by atoms with Gasteiger partial charge in [-0.05, 0) is 37.2 Å². The lowest BCUT2D eigenvalue weighted by atomic mass is 10.1. The van der Waals surface area contributed by atoms with Gasteiger partial charge in [0.2, 0.25) is 0 Å². The first kappa shape index (κ1) is 13.1. The molecule has 0 aliphatic heterocycles. The van der Waals surface area contributed by atoms with E-state index in [1.807, 2.05) is 13.8 Å². The van der Waals surface area contributed by atoms with Gasteiger partial charge >= 0.3 is 0 Å². The Morgan fingerprint density at radius 2 is 2.33 bits per heavy atom. The fourth-order valence-electron chi connectivity index (χ4n) is 2.05. The molecule has 100 valence electrons. The molecule has 18 heavy (non-hydrogen) atoms. The molecule has 2 rings (SSSR count). The van der Waals surface area contributed by atoms with E-state index in [4.69, 9.17) is 5.11 Å². The molecule has 1 atom stereocenters. The molecule has 0 aromatic carbocycles. The molecule has 1 unspecified atom stereocenters. The summed E-state index contributed by atoms with van der Waals surface area (Å²) < 4.78 is 0. The van der Waals surface area contributed by atoms with Crippen molar-refractivity contribution in [3.05, 3.63) is 17.5 Å². The maximum absolute atomic E-state index is 12.0. The summed E-state index contributed by atoms with van der Waals surface area (Å²) >= 11 is 0. The van der Waals surface area contributed by atoms with Crippen LogP contribution in [0, 0.1) is 5.92 Å². The summed E-state index contributed by atoms with van der Waals surface area (Å²) in [6.07, 6.45) is 2.91. The van der Waals surface area contributed by atoms with Crippen molar-refractivity contribution >= 4 is 5.91 Å². The number of H-pyrrole nitrogens is 1. The molecule has 1 heterocycles. The normalized spacial score (nSPS) is 16.9. The number of aromatic amines is 1. The van der Waals surface area contributed by atoms with Crippen molar-refractivity contribution in [1.82, 2.24) is 15.5 Å². The summed E-state index contributed by atoms with van der Waals surface area (Å²) in [4.78, 5) is 12.0. The Balaban J connectivity index is 1.96. The fourth-order valence-corrected chi connectivity index (χ4v) is 2.05. The minimum absolute atomic E-state index is 0.0849. The highest BCUT2D eigenvalue weighted by molar-refractivity contribution is 5.92. The zero-order valence-corrected chi connectivity index (χ0v) is 10.9. The van der Waals surface area contributed by atoms with Gasteiger partial charge in [0.15, 0.2) is 0 Å². The third-order valence-corrected chi connectivity index (χ3v) is 3.40. The van der Waals surface area contributed by atoms with Gasteiger partial charge in [-0.3, -0.25) is 9.89 Å². The molecule has 1 fully saturated rings. The zero-order chi connectivity index (χ0) is 13.1. The number of rotatable bonds is 6. The molecule has 0 saturated heterocycles. The Morgan fingerprint density at radius 3 is 2.83 bits per heavy atom. The molecule has 1 aliphatic rings. The second-order valence-electron chi connectivity index (χ2n) is 5.29. The summed E-state index contributed by atoms with van der Waals surface area (Å²) in [7, 11) is 0. The molecular formula is C13H21N3O2. The highest BCUT2D eigenvalue weighted by atomic mass is 16.3. The summed E-state index contributed by atoms with van der Waals surface area (Å²) in [5.41, 5.74) is 1.40. The summed E-state index contributed by atoms with van der Waals surface area (Å²) in [5.74, 6) is 0.712. The largest absolute Gasteiger partial charge is 0.396 e. The number of aliphatic hydroxyl groups is 1. The van der Waals surface area contributed by atoms with Crippen LogP contribution in [0.25, 0.3) is 0 Å². The van der Waals surface area contributed by atoms with Gasteiger partial charge in [0.1, 0.15) is 5.69 Å². The Labute approximate surface area is 107 Å². The van der Waals surface area contributed by atoms with Crippen LogP contribution < -0.4 is 5.32 Å². The molecule has 1 amide bonds. The molecule has 0 bridgehead atoms. The zero-order valence-electron chi connectivity index (χ0n) is 10.9. The summed E-state index contributed by atoms with van der Waals surface area (Å²) in [6.45, 7) is 4.21. The van der Waals surface area contributed by atoms with Crippen molar-refractivity contribution in [3.8, 4) is 0 Å². The number of amides is 1. The van der Waals surface area contributed by atoms with Crippen LogP contribution in [0.2, 0.25) is 0 Å². The van der Waals surface area contributed by atoms with E-state index in [2.05, 4.69) is 15.5 Å². The van der Waals surface area contributed by atoms with Crippen molar-refractivity contribution < 1.29 is 9.90 Å². The van der Waals surface area contributed by atoms with Gasteiger partial charge in [0, 0.05) is 18.3 Å². The quantitative estimate of drug-likeness (QED) is 0.715. The standard InChI is InChI=1S/C13H21N3O2/c1-8(2)11-7-12(16-15-11)13(18)14-10(5-6-17)9-3-4-9/h7-10,17H,3-6H2,1-2H3,(H,14,18)(H,15,16). The molecule has 1 aromatic rings. The molecule has 5 heteroatoms. The third-order valence-electron chi connectivity index (χ3n) is 3.40. The molecule has 0 spiro atoms. The number of aromatic nitrogens is 2. The molecule has 0 radical (unpaired) electrons. The van der Waals surface area contributed by atoms with Gasteiger partial charge < -0.3 is 10.4 Å². The molecule has 3 N–H and O–H groups in total. The van der Waals surface area contributed by atoms with E-state index in [1.165, 1.54) is 0 Å². The second-order valence-corrected chi connectivity index (χ2v) is 5.29. The van der Waals surface area contributed by atoms with Gasteiger partial charge in [-0.15, -0.1) is 0 Å². The maximum Gasteiger partial charge on any atom is 0.272 e. The number of hydrogen-bond acceptors (Lipinski definition) is 3. The number of nitrogens with one attached hydrogen (secondary N) is 2. The van der Waals surface area contributed by atoms with E-state index in [0.29, 0.717) is 24.0 Å². The topological polar surface area (TPSA) is 78.0 Å². The second kappa shape index (κ2) is 5.52. The number of carbonyl (C=O) groups is 1. The predicted octanol–water partition coefficient (Wildman–Crippen LogP) is 1.42. The van der Waals surface area contributed by atoms with Crippen LogP contribution in [0.4, 0.5) is 0 Å². The van der Waals surface area contributed by atoms with E-state index in [-0.39, 0.29) is 18.6 Å². The Morgan fingerprint density at radius 1 is 1.61 bits per heavy atom. The summed E-state index contributed by atoms with van der Waals surface area (Å²) in [6, 6.07) is 1.88. The highest BCUT2D eigenvalue weighted by Crippen LogP contribution is 2.34. The van der Waals surface area contributed by atoms with E-state index in [1.54, 1.807) is 6.07 Å². The van der Waals surface area contributed by atoms with Gasteiger partial charge in [-0.25, -0.2) is 0 Å². The first-order valence-electron chi connectivity index (χ1n) is 6.59. The van der Waals surface area contributed by atoms with Crippen LogP contribution in [-0.2, 0) is 0 Å². The fraction of sp³-hybridized carbons (Fsp3) is 0.692. The molecule has 5 nitrogen and oxygen atoms in total. The lowest BCUT2D eigenvalue weighted by Gasteiger charge is -2.16. The number of aliphatic hydroxyl groups excluding tert-OH is 1. The van der Waals surface area contributed by atoms with Crippen molar-refractivity contribution in [1.29, 1.82) is 0 Å². The van der Waals surface area contributed by atoms with E-state index < -0.39 is 0 Å². The average molecular weight is 251 g/mol. The smallest absolute Gasteiger partial charge is 0.272 e. The highest BCUT2D eigenvalue weighted by Gasteiger charge is 2.32. The lowest BCUT2D eigenvalue weighted by molar-refractivity contribution is 0.0919. The SMILES string of the molecule is CC(C)c1cc(C(=O)NC(CCO)C2CC2)n[nH]1. The van der Waals surface area contributed by atoms with Gasteiger partial charge in [-0.1, -0.05) is 13.8 Å². The first-order chi connectivity index (χ1) is 8.61. The van der Waals surface area contributed by atoms with Gasteiger partial charge in [-0.2, -0.15) is 5.10 Å². The van der Waals surface area contributed by atoms with E-state index in [0.717, 1.165) is 18.5 Å². The predicted molar refractivity (Wildman–Crippen MR) is 68.4 cm³/mol.